The van der Waals surface area contributed by atoms with Crippen molar-refractivity contribution in [3.05, 3.63) is 64.3 Å². The third kappa shape index (κ3) is 7.16. The van der Waals surface area contributed by atoms with E-state index in [2.05, 4.69) is 15.2 Å². The lowest BCUT2D eigenvalue weighted by atomic mass is 10.1. The minimum absolute atomic E-state index is 0.183. The molecule has 2 aromatic carbocycles. The second-order valence-corrected chi connectivity index (χ2v) is 9.68. The third-order valence-electron chi connectivity index (χ3n) is 6.60. The van der Waals surface area contributed by atoms with Crippen LogP contribution in [0.2, 0.25) is 5.02 Å². The van der Waals surface area contributed by atoms with Gasteiger partial charge in [-0.05, 0) is 73.0 Å². The van der Waals surface area contributed by atoms with Crippen molar-refractivity contribution in [3.63, 3.8) is 0 Å². The van der Waals surface area contributed by atoms with Crippen LogP contribution in [0.25, 0.3) is 10.9 Å². The lowest BCUT2D eigenvalue weighted by molar-refractivity contribution is -0.170. The highest BCUT2D eigenvalue weighted by molar-refractivity contribution is 6.30. The topological polar surface area (TPSA) is 147 Å². The van der Waals surface area contributed by atoms with E-state index >= 15 is 0 Å². The lowest BCUT2D eigenvalue weighted by Crippen LogP contribution is -2.34. The molecule has 0 unspecified atom stereocenters. The number of ether oxygens (including phenoxy) is 4. The average molecular weight is 601 g/mol. The van der Waals surface area contributed by atoms with Crippen molar-refractivity contribution < 1.29 is 43.0 Å². The van der Waals surface area contributed by atoms with Crippen LogP contribution in [-0.2, 0) is 39.9 Å². The van der Waals surface area contributed by atoms with E-state index in [1.165, 1.54) is 23.6 Å². The highest BCUT2D eigenvalue weighted by atomic mass is 35.5. The maximum Gasteiger partial charge on any atom is 0.333 e. The van der Waals surface area contributed by atoms with Gasteiger partial charge in [0.1, 0.15) is 11.8 Å². The summed E-state index contributed by atoms with van der Waals surface area (Å²) in [7, 11) is 1.52. The zero-order valence-corrected chi connectivity index (χ0v) is 24.0. The van der Waals surface area contributed by atoms with Crippen LogP contribution in [0.1, 0.15) is 41.4 Å². The molecular formula is C28H29ClN4O9. The molecule has 4 rings (SSSR count). The zero-order valence-electron chi connectivity index (χ0n) is 23.2. The maximum absolute atomic E-state index is 13.4. The number of rotatable bonds is 11. The number of carbonyl (C=O) groups is 4. The number of esters is 3. The van der Waals surface area contributed by atoms with E-state index in [4.69, 9.17) is 30.6 Å². The Morgan fingerprint density at radius 3 is 2.50 bits per heavy atom. The largest absolute Gasteiger partial charge is 0.497 e. The third-order valence-corrected chi connectivity index (χ3v) is 6.85. The molecule has 222 valence electrons. The van der Waals surface area contributed by atoms with Crippen molar-refractivity contribution in [2.24, 2.45) is 10.5 Å². The first-order chi connectivity index (χ1) is 20.2. The summed E-state index contributed by atoms with van der Waals surface area (Å²) >= 11 is 5.98. The minimum atomic E-state index is -0.739. The Hall–Kier alpha value is -4.65. The fourth-order valence-electron chi connectivity index (χ4n) is 4.54. The van der Waals surface area contributed by atoms with Gasteiger partial charge < -0.3 is 23.8 Å². The molecule has 0 saturated carbocycles. The van der Waals surface area contributed by atoms with E-state index < -0.39 is 37.5 Å². The Kier molecular flexibility index (Phi) is 9.97. The molecule has 1 atom stereocenters. The highest BCUT2D eigenvalue weighted by Crippen LogP contribution is 2.31. The molecule has 0 bridgehead atoms. The summed E-state index contributed by atoms with van der Waals surface area (Å²) in [5.74, 6) is -1.58. The molecule has 13 nitrogen and oxygen atoms in total. The van der Waals surface area contributed by atoms with Gasteiger partial charge in [-0.1, -0.05) is 11.6 Å². The Balaban J connectivity index is 1.40. The predicted octanol–water partition coefficient (Wildman–Crippen LogP) is 4.17. The summed E-state index contributed by atoms with van der Waals surface area (Å²) in [4.78, 5) is 54.3. The van der Waals surface area contributed by atoms with Crippen LogP contribution in [0.5, 0.6) is 5.75 Å². The summed E-state index contributed by atoms with van der Waals surface area (Å²) in [5, 5.41) is 9.77. The first kappa shape index (κ1) is 30.3. The van der Waals surface area contributed by atoms with Gasteiger partial charge in [-0.15, -0.1) is 0 Å². The van der Waals surface area contributed by atoms with Gasteiger partial charge in [-0.3, -0.25) is 24.0 Å². The van der Waals surface area contributed by atoms with Gasteiger partial charge in [0, 0.05) is 40.4 Å². The van der Waals surface area contributed by atoms with Gasteiger partial charge in [0.25, 0.3) is 12.7 Å². The maximum atomic E-state index is 13.4. The summed E-state index contributed by atoms with van der Waals surface area (Å²) in [5.41, 5.74) is 2.14. The number of aromatic nitrogens is 1. The van der Waals surface area contributed by atoms with Crippen molar-refractivity contribution in [2.45, 2.75) is 39.2 Å². The van der Waals surface area contributed by atoms with Crippen LogP contribution >= 0.6 is 11.6 Å². The number of benzene rings is 2. The Morgan fingerprint density at radius 1 is 1.02 bits per heavy atom. The van der Waals surface area contributed by atoms with Crippen LogP contribution in [0.3, 0.4) is 0 Å². The number of methoxy groups -OCH3 is 1. The Bertz CT molecular complexity index is 1500. The van der Waals surface area contributed by atoms with Crippen molar-refractivity contribution in [2.75, 3.05) is 27.2 Å². The summed E-state index contributed by atoms with van der Waals surface area (Å²) in [6, 6.07) is 11.0. The molecular weight excluding hydrogens is 572 g/mol. The van der Waals surface area contributed by atoms with E-state index in [9.17, 15) is 19.2 Å². The number of hydrogen-bond donors (Lipinski definition) is 0. The van der Waals surface area contributed by atoms with Crippen LogP contribution in [0.4, 0.5) is 0 Å². The molecule has 0 radical (unpaired) electrons. The molecule has 0 amide bonds. The minimum Gasteiger partial charge on any atom is -0.497 e. The SMILES string of the molecule is COc1ccc2c(c1)c(CC(=O)OCOC(=O)[C@@H]1CCCN1/N=N/OCOC(C)=O)c(C)n2C(=O)c1ccc(Cl)cc1. The van der Waals surface area contributed by atoms with Crippen LogP contribution in [-0.4, -0.2) is 66.7 Å². The standard InChI is InChI=1S/C28H29ClN4O9/c1-17-22(23-13-21(38-3)10-11-24(23)33(17)27(36)19-6-8-20(29)9-7-19)14-26(35)40-15-41-28(37)25-5-4-12-32(25)30-31-42-16-39-18(2)34/h6-11,13,25H,4-5,12,14-16H2,1-3H3/b31-30+/t25-/m0/s1. The molecule has 1 saturated heterocycles. The number of nitrogens with zero attached hydrogens (tertiary/aromatic N) is 4. The smallest absolute Gasteiger partial charge is 0.333 e. The molecule has 3 aromatic rings. The molecule has 14 heteroatoms. The number of hydrogen-bond acceptors (Lipinski definition) is 11. The number of carbonyl (C=O) groups excluding carboxylic acids is 4. The summed E-state index contributed by atoms with van der Waals surface area (Å²) in [6.45, 7) is 2.38. The fraction of sp³-hybridized carbons (Fsp3) is 0.357. The molecule has 2 heterocycles. The van der Waals surface area contributed by atoms with Crippen molar-refractivity contribution in [3.8, 4) is 5.75 Å². The lowest BCUT2D eigenvalue weighted by Gasteiger charge is -2.18. The quantitative estimate of drug-likeness (QED) is 0.103. The second kappa shape index (κ2) is 13.8. The Labute approximate surface area is 245 Å². The summed E-state index contributed by atoms with van der Waals surface area (Å²) < 4.78 is 21.8. The predicted molar refractivity (Wildman–Crippen MR) is 147 cm³/mol. The second-order valence-electron chi connectivity index (χ2n) is 9.24. The molecule has 0 aliphatic carbocycles. The van der Waals surface area contributed by atoms with Gasteiger partial charge in [-0.2, -0.15) is 0 Å². The van der Waals surface area contributed by atoms with Crippen molar-refractivity contribution in [1.29, 1.82) is 0 Å². The van der Waals surface area contributed by atoms with Crippen molar-refractivity contribution >= 4 is 46.3 Å². The highest BCUT2D eigenvalue weighted by Gasteiger charge is 2.32. The van der Waals surface area contributed by atoms with E-state index in [0.717, 1.165) is 0 Å². The van der Waals surface area contributed by atoms with Gasteiger partial charge in [0.2, 0.25) is 6.79 Å². The van der Waals surface area contributed by atoms with E-state index in [1.807, 2.05) is 0 Å². The van der Waals surface area contributed by atoms with E-state index in [-0.39, 0.29) is 12.3 Å². The van der Waals surface area contributed by atoms with Gasteiger partial charge in [0.15, 0.2) is 0 Å². The van der Waals surface area contributed by atoms with Crippen molar-refractivity contribution in [1.82, 2.24) is 9.58 Å². The molecule has 1 aromatic heterocycles. The number of fused-ring (bicyclic) bond motifs is 1. The first-order valence-electron chi connectivity index (χ1n) is 12.9. The summed E-state index contributed by atoms with van der Waals surface area (Å²) in [6.07, 6.45) is 0.930. The zero-order chi connectivity index (χ0) is 30.2. The molecule has 42 heavy (non-hydrogen) atoms. The van der Waals surface area contributed by atoms with Crippen LogP contribution in [0, 0.1) is 6.92 Å². The van der Waals surface area contributed by atoms with Crippen LogP contribution in [0.15, 0.2) is 53.0 Å². The van der Waals surface area contributed by atoms with Gasteiger partial charge in [-0.25, -0.2) is 4.79 Å². The van der Waals surface area contributed by atoms with Crippen LogP contribution < -0.4 is 4.74 Å². The molecule has 1 aliphatic heterocycles. The van der Waals surface area contributed by atoms with E-state index in [1.54, 1.807) is 49.4 Å². The number of halogens is 1. The first-order valence-corrected chi connectivity index (χ1v) is 13.3. The van der Waals surface area contributed by atoms with E-state index in [0.29, 0.717) is 57.9 Å². The molecule has 0 spiro atoms. The monoisotopic (exact) mass is 600 g/mol. The molecule has 1 fully saturated rings. The molecule has 1 aliphatic rings. The fourth-order valence-corrected chi connectivity index (χ4v) is 4.67. The normalized spacial score (nSPS) is 14.7. The molecule has 0 N–H and O–H groups in total. The average Bonchev–Trinajstić information content (AvgIpc) is 3.54. The van der Waals surface area contributed by atoms with Gasteiger partial charge in [0.05, 0.1) is 19.0 Å². The van der Waals surface area contributed by atoms with Gasteiger partial charge >= 0.3 is 17.9 Å². The Morgan fingerprint density at radius 2 is 1.79 bits per heavy atom.